The van der Waals surface area contributed by atoms with Crippen LogP contribution in [0.15, 0.2) is 48.5 Å². The number of halogens is 3. The molecule has 0 radical (unpaired) electrons. The zero-order chi connectivity index (χ0) is 18.5. The molecule has 1 saturated heterocycles. The average molecular weight is 397 g/mol. The topological polar surface area (TPSA) is 24.5 Å². The van der Waals surface area contributed by atoms with Crippen molar-refractivity contribution in [1.82, 2.24) is 10.4 Å². The number of hydrogen-bond acceptors (Lipinski definition) is 3. The zero-order valence-corrected chi connectivity index (χ0v) is 16.5. The van der Waals surface area contributed by atoms with Crippen LogP contribution >= 0.6 is 12.4 Å². The number of piperazine rings is 1. The van der Waals surface area contributed by atoms with Gasteiger partial charge in [0.1, 0.15) is 11.6 Å². The summed E-state index contributed by atoms with van der Waals surface area (Å²) >= 11 is 0. The Morgan fingerprint density at radius 3 is 2.04 bits per heavy atom. The Morgan fingerprint density at radius 1 is 1.04 bits per heavy atom. The highest BCUT2D eigenvalue weighted by molar-refractivity contribution is 5.85. The Balaban J connectivity index is 0.00000261. The summed E-state index contributed by atoms with van der Waals surface area (Å²) in [7, 11) is 0. The molecule has 0 bridgehead atoms. The second-order valence-corrected chi connectivity index (χ2v) is 6.92. The molecule has 0 spiro atoms. The van der Waals surface area contributed by atoms with Crippen LogP contribution in [0, 0.1) is 11.6 Å². The third kappa shape index (κ3) is 5.72. The normalized spacial score (nSPS) is 20.5. The molecule has 3 nitrogen and oxygen atoms in total. The minimum absolute atomic E-state index is 0. The van der Waals surface area contributed by atoms with Crippen molar-refractivity contribution in [1.29, 1.82) is 0 Å². The van der Waals surface area contributed by atoms with Crippen LogP contribution in [0.3, 0.4) is 0 Å². The maximum atomic E-state index is 13.3. The molecule has 1 aliphatic rings. The zero-order valence-electron chi connectivity index (χ0n) is 15.7. The van der Waals surface area contributed by atoms with E-state index in [0.29, 0.717) is 18.7 Å². The van der Waals surface area contributed by atoms with Gasteiger partial charge in [0.15, 0.2) is 0 Å². The van der Waals surface area contributed by atoms with Gasteiger partial charge < -0.3 is 5.32 Å². The molecule has 3 rings (SSSR count). The summed E-state index contributed by atoms with van der Waals surface area (Å²) in [6.45, 7) is 6.43. The van der Waals surface area contributed by atoms with Crippen molar-refractivity contribution in [2.75, 3.05) is 19.7 Å². The van der Waals surface area contributed by atoms with E-state index < -0.39 is 0 Å². The largest absolute Gasteiger partial charge is 0.311 e. The van der Waals surface area contributed by atoms with E-state index in [9.17, 15) is 8.78 Å². The van der Waals surface area contributed by atoms with Crippen molar-refractivity contribution in [3.05, 3.63) is 71.3 Å². The van der Waals surface area contributed by atoms with Crippen molar-refractivity contribution >= 4 is 12.4 Å². The number of hydroxylamine groups is 2. The van der Waals surface area contributed by atoms with Gasteiger partial charge in [-0.15, -0.1) is 12.4 Å². The fourth-order valence-electron chi connectivity index (χ4n) is 3.37. The Labute approximate surface area is 166 Å². The molecule has 1 heterocycles. The second-order valence-electron chi connectivity index (χ2n) is 6.92. The van der Waals surface area contributed by atoms with Gasteiger partial charge in [0.2, 0.25) is 0 Å². The highest BCUT2D eigenvalue weighted by Crippen LogP contribution is 2.27. The van der Waals surface area contributed by atoms with E-state index in [1.54, 1.807) is 24.3 Å². The summed E-state index contributed by atoms with van der Waals surface area (Å²) in [6, 6.07) is 13.6. The maximum Gasteiger partial charge on any atom is 0.123 e. The predicted molar refractivity (Wildman–Crippen MR) is 106 cm³/mol. The number of nitrogens with one attached hydrogen (secondary N) is 1. The first-order chi connectivity index (χ1) is 12.6. The van der Waals surface area contributed by atoms with E-state index in [0.717, 1.165) is 30.6 Å². The third-order valence-corrected chi connectivity index (χ3v) is 4.99. The van der Waals surface area contributed by atoms with E-state index >= 15 is 0 Å². The first kappa shape index (κ1) is 21.8. The lowest BCUT2D eigenvalue weighted by Crippen LogP contribution is -2.55. The van der Waals surface area contributed by atoms with E-state index in [1.807, 2.05) is 0 Å². The molecule has 2 aromatic carbocycles. The standard InChI is InChI=1S/C21H26F2N2O.ClH/c1-3-20-12-24-15(2)13-25(20)26-14-21(16-4-8-18(22)9-5-16)17-6-10-19(23)11-7-17;/h4-11,15,20-21,24H,3,12-14H2,1-2H3;1H/t15-,20+;/m0./s1. The van der Waals surface area contributed by atoms with Crippen LogP contribution in [0.2, 0.25) is 0 Å². The molecule has 0 aromatic heterocycles. The first-order valence-corrected chi connectivity index (χ1v) is 9.20. The van der Waals surface area contributed by atoms with Gasteiger partial charge in [-0.3, -0.25) is 4.84 Å². The Bertz CT molecular complexity index is 651. The average Bonchev–Trinajstić information content (AvgIpc) is 2.65. The lowest BCUT2D eigenvalue weighted by atomic mass is 9.92. The second kappa shape index (κ2) is 10.1. The molecule has 0 aliphatic carbocycles. The molecule has 2 atom stereocenters. The van der Waals surface area contributed by atoms with Gasteiger partial charge >= 0.3 is 0 Å². The van der Waals surface area contributed by atoms with E-state index in [2.05, 4.69) is 24.2 Å². The highest BCUT2D eigenvalue weighted by Gasteiger charge is 2.26. The molecule has 27 heavy (non-hydrogen) atoms. The molecule has 0 amide bonds. The Morgan fingerprint density at radius 2 is 1.56 bits per heavy atom. The molecule has 1 fully saturated rings. The quantitative estimate of drug-likeness (QED) is 0.776. The minimum Gasteiger partial charge on any atom is -0.311 e. The predicted octanol–water partition coefficient (Wildman–Crippen LogP) is 4.52. The number of hydrogen-bond donors (Lipinski definition) is 1. The van der Waals surface area contributed by atoms with Gasteiger partial charge in [-0.1, -0.05) is 31.2 Å². The van der Waals surface area contributed by atoms with E-state index in [4.69, 9.17) is 4.84 Å². The van der Waals surface area contributed by atoms with Gasteiger partial charge in [-0.2, -0.15) is 5.06 Å². The molecule has 6 heteroatoms. The molecule has 1 N–H and O–H groups in total. The SMILES string of the molecule is CC[C@@H]1CN[C@@H](C)CN1OCC(c1ccc(F)cc1)c1ccc(F)cc1.Cl. The monoisotopic (exact) mass is 396 g/mol. The van der Waals surface area contributed by atoms with Crippen LogP contribution in [0.1, 0.15) is 37.3 Å². The van der Waals surface area contributed by atoms with Gasteiger partial charge in [0.05, 0.1) is 6.61 Å². The van der Waals surface area contributed by atoms with Crippen LogP contribution in [0.5, 0.6) is 0 Å². The third-order valence-electron chi connectivity index (χ3n) is 4.99. The molecule has 0 unspecified atom stereocenters. The van der Waals surface area contributed by atoms with Crippen LogP contribution in [-0.2, 0) is 4.84 Å². The molecule has 2 aromatic rings. The smallest absolute Gasteiger partial charge is 0.123 e. The van der Waals surface area contributed by atoms with Crippen LogP contribution < -0.4 is 5.32 Å². The number of nitrogens with zero attached hydrogens (tertiary/aromatic N) is 1. The summed E-state index contributed by atoms with van der Waals surface area (Å²) in [5, 5.41) is 5.53. The van der Waals surface area contributed by atoms with Crippen molar-refractivity contribution in [3.63, 3.8) is 0 Å². The molecular weight excluding hydrogens is 370 g/mol. The van der Waals surface area contributed by atoms with Crippen LogP contribution in [-0.4, -0.2) is 36.8 Å². The van der Waals surface area contributed by atoms with Crippen LogP contribution in [0.4, 0.5) is 8.78 Å². The fraction of sp³-hybridized carbons (Fsp3) is 0.429. The molecule has 0 saturated carbocycles. The lowest BCUT2D eigenvalue weighted by molar-refractivity contribution is -0.201. The van der Waals surface area contributed by atoms with Crippen molar-refractivity contribution < 1.29 is 13.6 Å². The highest BCUT2D eigenvalue weighted by atomic mass is 35.5. The Hall–Kier alpha value is -1.53. The van der Waals surface area contributed by atoms with Crippen molar-refractivity contribution in [2.45, 2.75) is 38.3 Å². The molecular formula is C21H27ClF2N2O. The van der Waals surface area contributed by atoms with Crippen molar-refractivity contribution in [3.8, 4) is 0 Å². The summed E-state index contributed by atoms with van der Waals surface area (Å²) < 4.78 is 26.7. The van der Waals surface area contributed by atoms with Crippen molar-refractivity contribution in [2.24, 2.45) is 0 Å². The number of benzene rings is 2. The van der Waals surface area contributed by atoms with E-state index in [1.165, 1.54) is 24.3 Å². The fourth-order valence-corrected chi connectivity index (χ4v) is 3.37. The summed E-state index contributed by atoms with van der Waals surface area (Å²) in [6.07, 6.45) is 0.998. The lowest BCUT2D eigenvalue weighted by Gasteiger charge is -2.38. The molecule has 148 valence electrons. The summed E-state index contributed by atoms with van der Waals surface area (Å²) in [5.74, 6) is -0.622. The molecule has 1 aliphatic heterocycles. The Kier molecular flexibility index (Phi) is 8.17. The summed E-state index contributed by atoms with van der Waals surface area (Å²) in [5.41, 5.74) is 1.91. The van der Waals surface area contributed by atoms with Gasteiger partial charge in [-0.05, 0) is 48.7 Å². The number of rotatable bonds is 6. The van der Waals surface area contributed by atoms with E-state index in [-0.39, 0.29) is 30.0 Å². The summed E-state index contributed by atoms with van der Waals surface area (Å²) in [4.78, 5) is 6.19. The first-order valence-electron chi connectivity index (χ1n) is 9.20. The maximum absolute atomic E-state index is 13.3. The minimum atomic E-state index is -0.269. The van der Waals surface area contributed by atoms with Crippen LogP contribution in [0.25, 0.3) is 0 Å². The van der Waals surface area contributed by atoms with Gasteiger partial charge in [0, 0.05) is 31.1 Å². The van der Waals surface area contributed by atoms with Gasteiger partial charge in [0.25, 0.3) is 0 Å². The van der Waals surface area contributed by atoms with Gasteiger partial charge in [-0.25, -0.2) is 8.78 Å².